The number of allylic oxidation sites excluding steroid dienone is 3. The average Bonchev–Trinajstić information content (AvgIpc) is 2.11. The Hall–Kier alpha value is -0.780. The highest BCUT2D eigenvalue weighted by Gasteiger charge is 2.06. The van der Waals surface area contributed by atoms with Crippen LogP contribution in [0.2, 0.25) is 0 Å². The largest absolute Gasteiger partial charge is 0.103 e. The number of hydrogen-bond donors (Lipinski definition) is 0. The second kappa shape index (κ2) is 5.82. The molecule has 0 fully saturated rings. The van der Waals surface area contributed by atoms with Crippen LogP contribution in [-0.4, -0.2) is 0 Å². The zero-order valence-electron chi connectivity index (χ0n) is 8.40. The van der Waals surface area contributed by atoms with Crippen LogP contribution in [-0.2, 0) is 0 Å². The summed E-state index contributed by atoms with van der Waals surface area (Å²) in [4.78, 5) is 0. The molecular weight excluding hydrogens is 144 g/mol. The zero-order chi connectivity index (χ0) is 9.56. The third-order valence-electron chi connectivity index (χ3n) is 2.28. The van der Waals surface area contributed by atoms with Crippen molar-refractivity contribution in [1.29, 1.82) is 0 Å². The van der Waals surface area contributed by atoms with E-state index in [0.717, 1.165) is 19.3 Å². The van der Waals surface area contributed by atoms with Crippen molar-refractivity contribution in [3.05, 3.63) is 37.0 Å². The standard InChI is InChI=1S/C12H20/c1-6-8-9-11(4)12(5)10(3)7-2/h6,11H,1,3,5,7-9H2,2,4H3. The molecule has 0 aromatic rings. The van der Waals surface area contributed by atoms with E-state index in [0.29, 0.717) is 5.92 Å². The van der Waals surface area contributed by atoms with Crippen molar-refractivity contribution in [3.8, 4) is 0 Å². The van der Waals surface area contributed by atoms with E-state index in [1.807, 2.05) is 6.08 Å². The van der Waals surface area contributed by atoms with Crippen LogP contribution in [0.3, 0.4) is 0 Å². The molecule has 12 heavy (non-hydrogen) atoms. The molecule has 0 aliphatic heterocycles. The van der Waals surface area contributed by atoms with Gasteiger partial charge in [-0.3, -0.25) is 0 Å². The summed E-state index contributed by atoms with van der Waals surface area (Å²) in [5.41, 5.74) is 2.39. The lowest BCUT2D eigenvalue weighted by Gasteiger charge is -2.14. The van der Waals surface area contributed by atoms with E-state index in [4.69, 9.17) is 0 Å². The smallest absolute Gasteiger partial charge is 0.0191 e. The fourth-order valence-corrected chi connectivity index (χ4v) is 1.12. The van der Waals surface area contributed by atoms with Gasteiger partial charge in [0.1, 0.15) is 0 Å². The molecule has 0 aromatic heterocycles. The first kappa shape index (κ1) is 11.2. The molecule has 0 rings (SSSR count). The van der Waals surface area contributed by atoms with E-state index in [-0.39, 0.29) is 0 Å². The van der Waals surface area contributed by atoms with Gasteiger partial charge in [-0.1, -0.05) is 38.7 Å². The quantitative estimate of drug-likeness (QED) is 0.409. The highest BCUT2D eigenvalue weighted by atomic mass is 14.1. The Morgan fingerprint density at radius 2 is 2.00 bits per heavy atom. The van der Waals surface area contributed by atoms with Gasteiger partial charge in [0.05, 0.1) is 0 Å². The second-order valence-corrected chi connectivity index (χ2v) is 3.25. The molecule has 0 heterocycles. The van der Waals surface area contributed by atoms with E-state index in [9.17, 15) is 0 Å². The van der Waals surface area contributed by atoms with Gasteiger partial charge in [-0.05, 0) is 30.8 Å². The van der Waals surface area contributed by atoms with Crippen molar-refractivity contribution in [3.63, 3.8) is 0 Å². The van der Waals surface area contributed by atoms with Crippen LogP contribution >= 0.6 is 0 Å². The molecule has 0 saturated carbocycles. The van der Waals surface area contributed by atoms with E-state index in [1.165, 1.54) is 11.1 Å². The molecule has 1 unspecified atom stereocenters. The first-order valence-corrected chi connectivity index (χ1v) is 4.61. The van der Waals surface area contributed by atoms with Gasteiger partial charge in [0.15, 0.2) is 0 Å². The predicted octanol–water partition coefficient (Wildman–Crippen LogP) is 4.11. The van der Waals surface area contributed by atoms with Gasteiger partial charge in [-0.2, -0.15) is 0 Å². The molecule has 68 valence electrons. The lowest BCUT2D eigenvalue weighted by Crippen LogP contribution is -1.99. The number of rotatable bonds is 6. The second-order valence-electron chi connectivity index (χ2n) is 3.25. The molecule has 0 heteroatoms. The van der Waals surface area contributed by atoms with Gasteiger partial charge >= 0.3 is 0 Å². The molecule has 0 spiro atoms. The van der Waals surface area contributed by atoms with E-state index >= 15 is 0 Å². The maximum Gasteiger partial charge on any atom is -0.0191 e. The summed E-state index contributed by atoms with van der Waals surface area (Å²) in [6, 6.07) is 0. The Balaban J connectivity index is 3.92. The Bertz CT molecular complexity index is 174. The fourth-order valence-electron chi connectivity index (χ4n) is 1.12. The first-order valence-electron chi connectivity index (χ1n) is 4.61. The summed E-state index contributed by atoms with van der Waals surface area (Å²) in [6.07, 6.45) is 5.17. The molecule has 0 amide bonds. The lowest BCUT2D eigenvalue weighted by molar-refractivity contribution is 0.626. The average molecular weight is 164 g/mol. The van der Waals surface area contributed by atoms with Crippen LogP contribution < -0.4 is 0 Å². The van der Waals surface area contributed by atoms with Gasteiger partial charge < -0.3 is 0 Å². The van der Waals surface area contributed by atoms with Gasteiger partial charge in [-0.25, -0.2) is 0 Å². The summed E-state index contributed by atoms with van der Waals surface area (Å²) < 4.78 is 0. The minimum atomic E-state index is 0.551. The van der Waals surface area contributed by atoms with E-state index < -0.39 is 0 Å². The molecule has 0 saturated heterocycles. The monoisotopic (exact) mass is 164 g/mol. The third kappa shape index (κ3) is 3.56. The molecular formula is C12H20. The number of hydrogen-bond acceptors (Lipinski definition) is 0. The van der Waals surface area contributed by atoms with Crippen LogP contribution in [0, 0.1) is 5.92 Å². The Morgan fingerprint density at radius 3 is 2.42 bits per heavy atom. The summed E-state index contributed by atoms with van der Waals surface area (Å²) in [5.74, 6) is 0.551. The highest BCUT2D eigenvalue weighted by molar-refractivity contribution is 5.26. The van der Waals surface area contributed by atoms with Crippen molar-refractivity contribution in [2.45, 2.75) is 33.1 Å². The molecule has 0 aliphatic rings. The molecule has 0 nitrogen and oxygen atoms in total. The minimum Gasteiger partial charge on any atom is -0.103 e. The Kier molecular flexibility index (Phi) is 5.44. The van der Waals surface area contributed by atoms with Crippen LogP contribution in [0.4, 0.5) is 0 Å². The fraction of sp³-hybridized carbons (Fsp3) is 0.500. The summed E-state index contributed by atoms with van der Waals surface area (Å²) in [7, 11) is 0. The lowest BCUT2D eigenvalue weighted by atomic mass is 9.91. The summed E-state index contributed by atoms with van der Waals surface area (Å²) in [5, 5.41) is 0. The van der Waals surface area contributed by atoms with Crippen LogP contribution in [0.5, 0.6) is 0 Å². The summed E-state index contributed by atoms with van der Waals surface area (Å²) in [6.45, 7) is 16.0. The van der Waals surface area contributed by atoms with Crippen molar-refractivity contribution < 1.29 is 0 Å². The first-order chi connectivity index (χ1) is 5.63. The molecule has 0 radical (unpaired) electrons. The van der Waals surface area contributed by atoms with E-state index in [1.54, 1.807) is 0 Å². The molecule has 0 bridgehead atoms. The van der Waals surface area contributed by atoms with Crippen molar-refractivity contribution in [2.24, 2.45) is 5.92 Å². The SMILES string of the molecule is C=CCCC(C)C(=C)C(=C)CC. The Morgan fingerprint density at radius 1 is 1.42 bits per heavy atom. The Labute approximate surface area is 76.7 Å². The van der Waals surface area contributed by atoms with Gasteiger partial charge in [0.2, 0.25) is 0 Å². The molecule has 0 aromatic carbocycles. The predicted molar refractivity (Wildman–Crippen MR) is 57.2 cm³/mol. The minimum absolute atomic E-state index is 0.551. The van der Waals surface area contributed by atoms with Crippen LogP contribution in [0.15, 0.2) is 37.0 Å². The molecule has 1 atom stereocenters. The van der Waals surface area contributed by atoms with Crippen molar-refractivity contribution >= 4 is 0 Å². The van der Waals surface area contributed by atoms with Gasteiger partial charge in [0, 0.05) is 0 Å². The summed E-state index contributed by atoms with van der Waals surface area (Å²) >= 11 is 0. The molecule has 0 aliphatic carbocycles. The maximum atomic E-state index is 4.04. The van der Waals surface area contributed by atoms with Crippen LogP contribution in [0.25, 0.3) is 0 Å². The van der Waals surface area contributed by atoms with Crippen molar-refractivity contribution in [1.82, 2.24) is 0 Å². The maximum absolute atomic E-state index is 4.04. The normalized spacial score (nSPS) is 12.2. The van der Waals surface area contributed by atoms with E-state index in [2.05, 4.69) is 33.6 Å². The highest BCUT2D eigenvalue weighted by Crippen LogP contribution is 2.22. The van der Waals surface area contributed by atoms with Gasteiger partial charge in [0.25, 0.3) is 0 Å². The van der Waals surface area contributed by atoms with Gasteiger partial charge in [-0.15, -0.1) is 6.58 Å². The topological polar surface area (TPSA) is 0 Å². The molecule has 0 N–H and O–H groups in total. The van der Waals surface area contributed by atoms with Crippen LogP contribution in [0.1, 0.15) is 33.1 Å². The zero-order valence-corrected chi connectivity index (χ0v) is 8.40. The third-order valence-corrected chi connectivity index (χ3v) is 2.28. The van der Waals surface area contributed by atoms with Crippen molar-refractivity contribution in [2.75, 3.05) is 0 Å².